The van der Waals surface area contributed by atoms with E-state index in [2.05, 4.69) is 10.2 Å². The van der Waals surface area contributed by atoms with Gasteiger partial charge in [-0.15, -0.1) is 5.10 Å². The summed E-state index contributed by atoms with van der Waals surface area (Å²) in [4.78, 5) is 10.4. The van der Waals surface area contributed by atoms with Gasteiger partial charge >= 0.3 is 5.69 Å². The molecule has 2 rings (SSSR count). The Labute approximate surface area is 100 Å². The number of rotatable bonds is 3. The monoisotopic (exact) mass is 253 g/mol. The largest absolute Gasteiger partial charge is 0.490 e. The van der Waals surface area contributed by atoms with Crippen LogP contribution >= 0.6 is 12.2 Å². The van der Waals surface area contributed by atoms with Gasteiger partial charge < -0.3 is 9.15 Å². The van der Waals surface area contributed by atoms with E-state index in [4.69, 9.17) is 21.4 Å². The average molecular weight is 253 g/mol. The fourth-order valence-electron chi connectivity index (χ4n) is 1.40. The Kier molecular flexibility index (Phi) is 2.88. The van der Waals surface area contributed by atoms with E-state index in [0.29, 0.717) is 5.56 Å². The highest BCUT2D eigenvalue weighted by Gasteiger charge is 2.21. The lowest BCUT2D eigenvalue weighted by molar-refractivity contribution is -0.385. The number of hydrogen-bond acceptors (Lipinski definition) is 6. The summed E-state index contributed by atoms with van der Waals surface area (Å²) in [6.45, 7) is 0. The predicted octanol–water partition coefficient (Wildman–Crippen LogP) is 2.32. The number of para-hydroxylation sites is 1. The Bertz CT molecular complexity index is 619. The van der Waals surface area contributed by atoms with E-state index in [1.165, 1.54) is 19.2 Å². The van der Waals surface area contributed by atoms with Crippen LogP contribution in [0.1, 0.15) is 0 Å². The van der Waals surface area contributed by atoms with Gasteiger partial charge in [-0.1, -0.05) is 6.07 Å². The minimum absolute atomic E-state index is 0.0859. The molecule has 0 aliphatic heterocycles. The summed E-state index contributed by atoms with van der Waals surface area (Å²) in [7, 11) is 1.34. The maximum atomic E-state index is 10.8. The molecule has 8 heteroatoms. The SMILES string of the molecule is COc1c(-c2n[nH]c(=S)o2)cccc1[N+](=O)[O-]. The first kappa shape index (κ1) is 11.3. The molecule has 0 radical (unpaired) electrons. The van der Waals surface area contributed by atoms with Crippen molar-refractivity contribution in [3.8, 4) is 17.2 Å². The van der Waals surface area contributed by atoms with Gasteiger partial charge in [0.15, 0.2) is 0 Å². The molecule has 1 heterocycles. The summed E-state index contributed by atoms with van der Waals surface area (Å²) in [5.41, 5.74) is 0.211. The number of nitro benzene ring substituents is 1. The molecule has 2 aromatic rings. The molecule has 17 heavy (non-hydrogen) atoms. The molecular formula is C9H7N3O4S. The number of H-pyrrole nitrogens is 1. The second-order valence-electron chi connectivity index (χ2n) is 3.03. The van der Waals surface area contributed by atoms with E-state index in [0.717, 1.165) is 0 Å². The lowest BCUT2D eigenvalue weighted by Gasteiger charge is -2.04. The van der Waals surface area contributed by atoms with E-state index in [1.807, 2.05) is 0 Å². The number of hydrogen-bond donors (Lipinski definition) is 1. The third kappa shape index (κ3) is 2.02. The Morgan fingerprint density at radius 3 is 2.88 bits per heavy atom. The Balaban J connectivity index is 2.65. The van der Waals surface area contributed by atoms with Crippen LogP contribution in [0.5, 0.6) is 5.75 Å². The fourth-order valence-corrected chi connectivity index (χ4v) is 1.52. The lowest BCUT2D eigenvalue weighted by atomic mass is 10.1. The molecule has 0 atom stereocenters. The molecule has 0 saturated heterocycles. The van der Waals surface area contributed by atoms with Gasteiger partial charge in [0.1, 0.15) is 0 Å². The summed E-state index contributed by atoms with van der Waals surface area (Å²) in [5.74, 6) is 0.235. The highest BCUT2D eigenvalue weighted by molar-refractivity contribution is 7.71. The molecule has 0 saturated carbocycles. The molecule has 1 aromatic heterocycles. The van der Waals surface area contributed by atoms with Crippen molar-refractivity contribution >= 4 is 17.9 Å². The number of nitrogens with one attached hydrogen (secondary N) is 1. The lowest BCUT2D eigenvalue weighted by Crippen LogP contribution is -1.95. The normalized spacial score (nSPS) is 10.2. The van der Waals surface area contributed by atoms with Crippen LogP contribution in [0.4, 0.5) is 5.69 Å². The Morgan fingerprint density at radius 1 is 1.59 bits per heavy atom. The second kappa shape index (κ2) is 4.34. The predicted molar refractivity (Wildman–Crippen MR) is 60.3 cm³/mol. The number of ether oxygens (including phenoxy) is 1. The van der Waals surface area contributed by atoms with Gasteiger partial charge in [0, 0.05) is 6.07 Å². The molecular weight excluding hydrogens is 246 g/mol. The third-order valence-electron chi connectivity index (χ3n) is 2.06. The molecule has 1 aromatic carbocycles. The van der Waals surface area contributed by atoms with Gasteiger partial charge in [-0.05, 0) is 18.3 Å². The molecule has 0 bridgehead atoms. The zero-order valence-corrected chi connectivity index (χ0v) is 9.48. The summed E-state index contributed by atoms with van der Waals surface area (Å²) < 4.78 is 10.1. The van der Waals surface area contributed by atoms with Gasteiger partial charge in [-0.25, -0.2) is 5.10 Å². The zero-order valence-electron chi connectivity index (χ0n) is 8.67. The van der Waals surface area contributed by atoms with E-state index >= 15 is 0 Å². The maximum Gasteiger partial charge on any atom is 0.311 e. The standard InChI is InChI=1S/C9H7N3O4S/c1-15-7-5(8-10-11-9(17)16-8)3-2-4-6(7)12(13)14/h2-4H,1H3,(H,11,17). The van der Waals surface area contributed by atoms with E-state index < -0.39 is 4.92 Å². The van der Waals surface area contributed by atoms with Gasteiger partial charge in [0.25, 0.3) is 10.7 Å². The summed E-state index contributed by atoms with van der Waals surface area (Å²) in [6, 6.07) is 4.45. The Morgan fingerprint density at radius 2 is 2.35 bits per heavy atom. The van der Waals surface area contributed by atoms with Crippen molar-refractivity contribution < 1.29 is 14.1 Å². The summed E-state index contributed by atoms with van der Waals surface area (Å²) in [5, 5.41) is 17.1. The van der Waals surface area contributed by atoms with Crippen molar-refractivity contribution in [1.82, 2.24) is 10.2 Å². The van der Waals surface area contributed by atoms with Gasteiger partial charge in [0.2, 0.25) is 5.75 Å². The topological polar surface area (TPSA) is 94.2 Å². The number of aromatic amines is 1. The molecule has 0 amide bonds. The number of methoxy groups -OCH3 is 1. The first-order valence-corrected chi connectivity index (χ1v) is 4.91. The van der Waals surface area contributed by atoms with Crippen LogP contribution in [0, 0.1) is 15.0 Å². The first-order valence-electron chi connectivity index (χ1n) is 4.50. The van der Waals surface area contributed by atoms with Crippen molar-refractivity contribution in [3.05, 3.63) is 33.2 Å². The third-order valence-corrected chi connectivity index (χ3v) is 2.24. The Hall–Kier alpha value is -2.22. The van der Waals surface area contributed by atoms with Crippen molar-refractivity contribution in [3.63, 3.8) is 0 Å². The molecule has 0 spiro atoms. The smallest absolute Gasteiger partial charge is 0.311 e. The van der Waals surface area contributed by atoms with Crippen molar-refractivity contribution in [2.45, 2.75) is 0 Å². The van der Waals surface area contributed by atoms with Gasteiger partial charge in [-0.3, -0.25) is 10.1 Å². The van der Waals surface area contributed by atoms with Gasteiger partial charge in [0.05, 0.1) is 17.6 Å². The minimum Gasteiger partial charge on any atom is -0.490 e. The van der Waals surface area contributed by atoms with E-state index in [-0.39, 0.29) is 22.2 Å². The quantitative estimate of drug-likeness (QED) is 0.512. The first-order chi connectivity index (χ1) is 8.13. The molecule has 0 aliphatic carbocycles. The van der Waals surface area contributed by atoms with Crippen LogP contribution < -0.4 is 4.74 Å². The van der Waals surface area contributed by atoms with Crippen LogP contribution in [-0.4, -0.2) is 22.2 Å². The number of benzene rings is 1. The molecule has 0 aliphatic rings. The molecule has 0 fully saturated rings. The van der Waals surface area contributed by atoms with Crippen molar-refractivity contribution in [2.24, 2.45) is 0 Å². The highest BCUT2D eigenvalue weighted by atomic mass is 32.1. The van der Waals surface area contributed by atoms with Crippen LogP contribution in [0.3, 0.4) is 0 Å². The van der Waals surface area contributed by atoms with Crippen LogP contribution in [-0.2, 0) is 0 Å². The maximum absolute atomic E-state index is 10.8. The number of nitrogens with zero attached hydrogens (tertiary/aromatic N) is 2. The van der Waals surface area contributed by atoms with Crippen LogP contribution in [0.15, 0.2) is 22.6 Å². The minimum atomic E-state index is -0.538. The van der Waals surface area contributed by atoms with Gasteiger partial charge in [-0.2, -0.15) is 0 Å². The van der Waals surface area contributed by atoms with Crippen molar-refractivity contribution in [2.75, 3.05) is 7.11 Å². The highest BCUT2D eigenvalue weighted by Crippen LogP contribution is 2.36. The van der Waals surface area contributed by atoms with E-state index in [1.54, 1.807) is 6.07 Å². The van der Waals surface area contributed by atoms with Crippen LogP contribution in [0.25, 0.3) is 11.5 Å². The number of nitro groups is 1. The van der Waals surface area contributed by atoms with Crippen LogP contribution in [0.2, 0.25) is 0 Å². The molecule has 88 valence electrons. The average Bonchev–Trinajstić information content (AvgIpc) is 2.74. The fraction of sp³-hybridized carbons (Fsp3) is 0.111. The number of aromatic nitrogens is 2. The van der Waals surface area contributed by atoms with Crippen molar-refractivity contribution in [1.29, 1.82) is 0 Å². The molecule has 1 N–H and O–H groups in total. The zero-order chi connectivity index (χ0) is 12.4. The summed E-state index contributed by atoms with van der Waals surface area (Å²) in [6.07, 6.45) is 0. The molecule has 7 nitrogen and oxygen atoms in total. The summed E-state index contributed by atoms with van der Waals surface area (Å²) >= 11 is 4.74. The second-order valence-corrected chi connectivity index (χ2v) is 3.40. The van der Waals surface area contributed by atoms with E-state index in [9.17, 15) is 10.1 Å². The molecule has 0 unspecified atom stereocenters.